The molecular weight excluding hydrogens is 330 g/mol. The van der Waals surface area contributed by atoms with Crippen molar-refractivity contribution in [1.82, 2.24) is 9.80 Å². The number of hydrogen-bond acceptors (Lipinski definition) is 4. The third-order valence-electron chi connectivity index (χ3n) is 4.89. The number of benzene rings is 1. The molecular formula is C20H23N3O3. The van der Waals surface area contributed by atoms with Gasteiger partial charge in [-0.2, -0.15) is 5.26 Å². The van der Waals surface area contributed by atoms with Crippen molar-refractivity contribution in [3.63, 3.8) is 0 Å². The van der Waals surface area contributed by atoms with Crippen LogP contribution in [0.2, 0.25) is 0 Å². The molecule has 0 spiro atoms. The van der Waals surface area contributed by atoms with Gasteiger partial charge in [0.1, 0.15) is 0 Å². The maximum absolute atomic E-state index is 12.7. The molecule has 2 aliphatic heterocycles. The van der Waals surface area contributed by atoms with Crippen LogP contribution in [-0.4, -0.2) is 61.0 Å². The van der Waals surface area contributed by atoms with Crippen molar-refractivity contribution < 1.29 is 14.3 Å². The van der Waals surface area contributed by atoms with Gasteiger partial charge < -0.3 is 14.5 Å². The molecule has 1 aromatic rings. The Labute approximate surface area is 153 Å². The number of carbonyl (C=O) groups excluding carboxylic acids is 2. The minimum atomic E-state index is -0.134. The van der Waals surface area contributed by atoms with Crippen LogP contribution < -0.4 is 0 Å². The summed E-state index contributed by atoms with van der Waals surface area (Å²) in [6.45, 7) is 3.56. The molecule has 2 fully saturated rings. The van der Waals surface area contributed by atoms with Gasteiger partial charge >= 0.3 is 0 Å². The van der Waals surface area contributed by atoms with Crippen LogP contribution >= 0.6 is 0 Å². The maximum Gasteiger partial charge on any atom is 0.246 e. The molecule has 136 valence electrons. The minimum Gasteiger partial charge on any atom is -0.378 e. The van der Waals surface area contributed by atoms with Crippen molar-refractivity contribution in [3.05, 3.63) is 41.5 Å². The lowest BCUT2D eigenvalue weighted by molar-refractivity contribution is -0.143. The highest BCUT2D eigenvalue weighted by atomic mass is 16.5. The fourth-order valence-electron chi connectivity index (χ4n) is 3.43. The molecule has 6 nitrogen and oxygen atoms in total. The number of piperidine rings is 1. The quantitative estimate of drug-likeness (QED) is 0.775. The molecule has 1 atom stereocenters. The summed E-state index contributed by atoms with van der Waals surface area (Å²) in [7, 11) is 0. The smallest absolute Gasteiger partial charge is 0.246 e. The Hall–Kier alpha value is -2.65. The number of likely N-dealkylation sites (tertiary alicyclic amines) is 1. The summed E-state index contributed by atoms with van der Waals surface area (Å²) >= 11 is 0. The Morgan fingerprint density at radius 3 is 2.69 bits per heavy atom. The fraction of sp³-hybridized carbons (Fsp3) is 0.450. The van der Waals surface area contributed by atoms with Crippen molar-refractivity contribution in [2.45, 2.75) is 12.8 Å². The van der Waals surface area contributed by atoms with Crippen LogP contribution in [0.4, 0.5) is 0 Å². The van der Waals surface area contributed by atoms with Gasteiger partial charge in [-0.15, -0.1) is 0 Å². The largest absolute Gasteiger partial charge is 0.378 e. The molecule has 0 bridgehead atoms. The highest BCUT2D eigenvalue weighted by Gasteiger charge is 2.31. The van der Waals surface area contributed by atoms with E-state index in [4.69, 9.17) is 10.00 Å². The SMILES string of the molecule is N#Cc1ccccc1/C=C/C(=O)N1CCCC(C(=O)N2CCOCC2)C1. The van der Waals surface area contributed by atoms with Crippen molar-refractivity contribution >= 4 is 17.9 Å². The van der Waals surface area contributed by atoms with E-state index in [1.807, 2.05) is 17.0 Å². The Morgan fingerprint density at radius 2 is 1.92 bits per heavy atom. The minimum absolute atomic E-state index is 0.114. The van der Waals surface area contributed by atoms with Crippen molar-refractivity contribution in [2.75, 3.05) is 39.4 Å². The lowest BCUT2D eigenvalue weighted by Gasteiger charge is -2.35. The van der Waals surface area contributed by atoms with Gasteiger partial charge in [-0.05, 0) is 30.5 Å². The fourth-order valence-corrected chi connectivity index (χ4v) is 3.43. The summed E-state index contributed by atoms with van der Waals surface area (Å²) in [5, 5.41) is 9.12. The Kier molecular flexibility index (Phi) is 6.03. The predicted octanol–water partition coefficient (Wildman–Crippen LogP) is 1.67. The van der Waals surface area contributed by atoms with Crippen molar-refractivity contribution in [3.8, 4) is 6.07 Å². The molecule has 1 unspecified atom stereocenters. The van der Waals surface area contributed by atoms with Gasteiger partial charge in [0.2, 0.25) is 11.8 Å². The summed E-state index contributed by atoms with van der Waals surface area (Å²) in [5.74, 6) is -0.118. The summed E-state index contributed by atoms with van der Waals surface area (Å²) in [5.41, 5.74) is 1.26. The molecule has 2 saturated heterocycles. The maximum atomic E-state index is 12.7. The van der Waals surface area contributed by atoms with Crippen LogP contribution in [-0.2, 0) is 14.3 Å². The molecule has 2 aliphatic rings. The molecule has 2 heterocycles. The number of carbonyl (C=O) groups is 2. The second-order valence-electron chi connectivity index (χ2n) is 6.59. The van der Waals surface area contributed by atoms with Crippen LogP contribution in [0.25, 0.3) is 6.08 Å². The summed E-state index contributed by atoms with van der Waals surface area (Å²) in [6, 6.07) is 9.29. The molecule has 0 aromatic heterocycles. The first-order valence-electron chi connectivity index (χ1n) is 9.01. The van der Waals surface area contributed by atoms with Gasteiger partial charge in [0.05, 0.1) is 30.8 Å². The van der Waals surface area contributed by atoms with Gasteiger partial charge in [0.15, 0.2) is 0 Å². The van der Waals surface area contributed by atoms with E-state index in [1.54, 1.807) is 23.1 Å². The Balaban J connectivity index is 1.61. The van der Waals surface area contributed by atoms with Crippen LogP contribution in [0.3, 0.4) is 0 Å². The molecule has 3 rings (SSSR count). The number of morpholine rings is 1. The number of amides is 2. The first-order valence-corrected chi connectivity index (χ1v) is 9.01. The third-order valence-corrected chi connectivity index (χ3v) is 4.89. The van der Waals surface area contributed by atoms with E-state index in [-0.39, 0.29) is 17.7 Å². The number of nitriles is 1. The second kappa shape index (κ2) is 8.63. The molecule has 0 radical (unpaired) electrons. The van der Waals surface area contributed by atoms with Crippen LogP contribution in [0.5, 0.6) is 0 Å². The molecule has 26 heavy (non-hydrogen) atoms. The van der Waals surface area contributed by atoms with E-state index in [2.05, 4.69) is 6.07 Å². The molecule has 2 amide bonds. The van der Waals surface area contributed by atoms with Gasteiger partial charge in [0.25, 0.3) is 0 Å². The molecule has 0 aliphatic carbocycles. The zero-order valence-corrected chi connectivity index (χ0v) is 14.8. The first-order chi connectivity index (χ1) is 12.7. The highest BCUT2D eigenvalue weighted by molar-refractivity contribution is 5.92. The zero-order chi connectivity index (χ0) is 18.4. The van der Waals surface area contributed by atoms with Gasteiger partial charge in [-0.1, -0.05) is 18.2 Å². The average molecular weight is 353 g/mol. The normalized spacial score (nSPS) is 20.8. The topological polar surface area (TPSA) is 73.6 Å². The van der Waals surface area contributed by atoms with E-state index in [0.29, 0.717) is 45.0 Å². The third kappa shape index (κ3) is 4.30. The molecule has 6 heteroatoms. The van der Waals surface area contributed by atoms with Crippen LogP contribution in [0, 0.1) is 17.2 Å². The Bertz CT molecular complexity index is 732. The van der Waals surface area contributed by atoms with E-state index < -0.39 is 0 Å². The standard InChI is InChI=1S/C20H23N3O3/c21-14-17-5-2-1-4-16(17)7-8-19(24)23-9-3-6-18(15-23)20(25)22-10-12-26-13-11-22/h1-2,4-5,7-8,18H,3,6,9-13,15H2/b8-7+. The number of hydrogen-bond donors (Lipinski definition) is 0. The predicted molar refractivity (Wildman–Crippen MR) is 96.9 cm³/mol. The molecule has 0 saturated carbocycles. The zero-order valence-electron chi connectivity index (χ0n) is 14.8. The monoisotopic (exact) mass is 353 g/mol. The number of rotatable bonds is 3. The summed E-state index contributed by atoms with van der Waals surface area (Å²) in [6.07, 6.45) is 4.82. The summed E-state index contributed by atoms with van der Waals surface area (Å²) in [4.78, 5) is 28.8. The lowest BCUT2D eigenvalue weighted by Crippen LogP contribution is -2.49. The lowest BCUT2D eigenvalue weighted by atomic mass is 9.96. The van der Waals surface area contributed by atoms with Crippen molar-refractivity contribution in [1.29, 1.82) is 5.26 Å². The summed E-state index contributed by atoms with van der Waals surface area (Å²) < 4.78 is 5.30. The second-order valence-corrected chi connectivity index (χ2v) is 6.59. The van der Waals surface area contributed by atoms with Gasteiger partial charge in [-0.25, -0.2) is 0 Å². The average Bonchev–Trinajstić information content (AvgIpc) is 2.72. The van der Waals surface area contributed by atoms with E-state index in [1.165, 1.54) is 6.08 Å². The van der Waals surface area contributed by atoms with Crippen molar-refractivity contribution in [2.24, 2.45) is 5.92 Å². The van der Waals surface area contributed by atoms with E-state index in [0.717, 1.165) is 18.4 Å². The van der Waals surface area contributed by atoms with Crippen LogP contribution in [0.15, 0.2) is 30.3 Å². The molecule has 0 N–H and O–H groups in total. The van der Waals surface area contributed by atoms with Gasteiger partial charge in [0, 0.05) is 32.3 Å². The number of nitrogens with zero attached hydrogens (tertiary/aromatic N) is 3. The Morgan fingerprint density at radius 1 is 1.15 bits per heavy atom. The first kappa shape index (κ1) is 18.2. The molecule has 1 aromatic carbocycles. The highest BCUT2D eigenvalue weighted by Crippen LogP contribution is 2.20. The number of ether oxygens (including phenoxy) is 1. The van der Waals surface area contributed by atoms with E-state index >= 15 is 0 Å². The van der Waals surface area contributed by atoms with Crippen LogP contribution in [0.1, 0.15) is 24.0 Å². The van der Waals surface area contributed by atoms with Gasteiger partial charge in [-0.3, -0.25) is 9.59 Å². The van der Waals surface area contributed by atoms with E-state index in [9.17, 15) is 9.59 Å².